The van der Waals surface area contributed by atoms with Gasteiger partial charge in [-0.3, -0.25) is 0 Å². The Morgan fingerprint density at radius 1 is 1.24 bits per heavy atom. The van der Waals surface area contributed by atoms with Crippen molar-refractivity contribution in [2.75, 3.05) is 7.11 Å². The highest BCUT2D eigenvalue weighted by atomic mass is 19.4. The third-order valence-electron chi connectivity index (χ3n) is 2.40. The Labute approximate surface area is 96.4 Å². The summed E-state index contributed by atoms with van der Waals surface area (Å²) in [5.74, 6) is -0.922. The van der Waals surface area contributed by atoms with Crippen molar-refractivity contribution in [2.45, 2.75) is 18.6 Å². The number of benzene rings is 1. The second-order valence-corrected chi connectivity index (χ2v) is 3.74. The van der Waals surface area contributed by atoms with Crippen LogP contribution < -0.4 is 5.73 Å². The van der Waals surface area contributed by atoms with Crippen LogP contribution in [-0.4, -0.2) is 13.1 Å². The molecule has 0 heterocycles. The van der Waals surface area contributed by atoms with E-state index < -0.39 is 23.2 Å². The molecule has 0 unspecified atom stereocenters. The van der Waals surface area contributed by atoms with Crippen molar-refractivity contribution in [1.82, 2.24) is 0 Å². The number of rotatable bonds is 2. The van der Waals surface area contributed by atoms with Crippen LogP contribution in [0.4, 0.5) is 13.2 Å². The third kappa shape index (κ3) is 2.58. The second-order valence-electron chi connectivity index (χ2n) is 3.74. The predicted molar refractivity (Wildman–Crippen MR) is 55.0 cm³/mol. The molecule has 0 radical (unpaired) electrons. The quantitative estimate of drug-likeness (QED) is 0.814. The van der Waals surface area contributed by atoms with E-state index in [2.05, 4.69) is 4.74 Å². The van der Waals surface area contributed by atoms with Gasteiger partial charge in [0.1, 0.15) is 5.54 Å². The zero-order valence-electron chi connectivity index (χ0n) is 9.34. The number of carbonyl (C=O) groups is 1. The highest BCUT2D eigenvalue weighted by Crippen LogP contribution is 2.36. The molecule has 6 heteroatoms. The number of esters is 1. The van der Waals surface area contributed by atoms with E-state index in [9.17, 15) is 18.0 Å². The van der Waals surface area contributed by atoms with Crippen molar-refractivity contribution in [3.8, 4) is 0 Å². The van der Waals surface area contributed by atoms with Crippen molar-refractivity contribution in [3.05, 3.63) is 35.4 Å². The summed E-state index contributed by atoms with van der Waals surface area (Å²) in [7, 11) is 1.07. The molecule has 0 aliphatic carbocycles. The van der Waals surface area contributed by atoms with E-state index in [1.807, 2.05) is 0 Å². The van der Waals surface area contributed by atoms with Gasteiger partial charge in [-0.15, -0.1) is 0 Å². The molecule has 0 saturated heterocycles. The van der Waals surface area contributed by atoms with Gasteiger partial charge in [0.05, 0.1) is 12.7 Å². The fourth-order valence-corrected chi connectivity index (χ4v) is 1.51. The summed E-state index contributed by atoms with van der Waals surface area (Å²) >= 11 is 0. The van der Waals surface area contributed by atoms with Crippen LogP contribution in [0.1, 0.15) is 18.1 Å². The van der Waals surface area contributed by atoms with Crippen molar-refractivity contribution >= 4 is 5.97 Å². The average molecular weight is 247 g/mol. The molecule has 1 aromatic rings. The van der Waals surface area contributed by atoms with Crippen molar-refractivity contribution in [3.63, 3.8) is 0 Å². The number of halogens is 3. The van der Waals surface area contributed by atoms with E-state index in [4.69, 9.17) is 5.73 Å². The fourth-order valence-electron chi connectivity index (χ4n) is 1.51. The summed E-state index contributed by atoms with van der Waals surface area (Å²) in [4.78, 5) is 11.4. The van der Waals surface area contributed by atoms with Gasteiger partial charge in [-0.05, 0) is 18.6 Å². The number of alkyl halides is 3. The summed E-state index contributed by atoms with van der Waals surface area (Å²) in [6.07, 6.45) is -4.56. The monoisotopic (exact) mass is 247 g/mol. The number of hydrogen-bond acceptors (Lipinski definition) is 3. The Balaban J connectivity index is 3.37. The maximum absolute atomic E-state index is 12.7. The Kier molecular flexibility index (Phi) is 3.47. The summed E-state index contributed by atoms with van der Waals surface area (Å²) in [5.41, 5.74) is 2.54. The number of nitrogens with two attached hydrogens (primary N) is 1. The van der Waals surface area contributed by atoms with Crippen LogP contribution in [0.3, 0.4) is 0 Å². The van der Waals surface area contributed by atoms with Gasteiger partial charge in [-0.25, -0.2) is 4.79 Å². The lowest BCUT2D eigenvalue weighted by atomic mass is 9.89. The maximum Gasteiger partial charge on any atom is 0.416 e. The van der Waals surface area contributed by atoms with Gasteiger partial charge in [0.2, 0.25) is 0 Å². The summed E-state index contributed by atoms with van der Waals surface area (Å²) in [6.45, 7) is 1.18. The van der Waals surface area contributed by atoms with E-state index >= 15 is 0 Å². The molecule has 0 aliphatic heterocycles. The first kappa shape index (κ1) is 13.5. The Morgan fingerprint density at radius 2 is 1.71 bits per heavy atom. The van der Waals surface area contributed by atoms with E-state index in [0.717, 1.165) is 13.2 Å². The fraction of sp³-hybridized carbons (Fsp3) is 0.364. The zero-order valence-corrected chi connectivity index (χ0v) is 9.34. The first-order chi connectivity index (χ1) is 7.71. The van der Waals surface area contributed by atoms with Gasteiger partial charge in [-0.1, -0.05) is 18.2 Å². The van der Waals surface area contributed by atoms with Crippen LogP contribution >= 0.6 is 0 Å². The van der Waals surface area contributed by atoms with Gasteiger partial charge in [0.15, 0.2) is 0 Å². The summed E-state index contributed by atoms with van der Waals surface area (Å²) in [5, 5.41) is 0. The van der Waals surface area contributed by atoms with Gasteiger partial charge in [0, 0.05) is 0 Å². The minimum absolute atomic E-state index is 0.306. The van der Waals surface area contributed by atoms with E-state index in [0.29, 0.717) is 0 Å². The maximum atomic E-state index is 12.7. The number of methoxy groups -OCH3 is 1. The largest absolute Gasteiger partial charge is 0.467 e. The number of carbonyl (C=O) groups excluding carboxylic acids is 1. The van der Waals surface area contributed by atoms with Crippen LogP contribution in [0, 0.1) is 0 Å². The molecule has 0 spiro atoms. The van der Waals surface area contributed by atoms with E-state index in [-0.39, 0.29) is 5.56 Å². The lowest BCUT2D eigenvalue weighted by Gasteiger charge is -2.25. The normalized spacial score (nSPS) is 15.2. The lowest BCUT2D eigenvalue weighted by molar-refractivity contribution is -0.148. The summed E-state index contributed by atoms with van der Waals surface area (Å²) < 4.78 is 42.6. The lowest BCUT2D eigenvalue weighted by Crippen LogP contribution is -2.44. The van der Waals surface area contributed by atoms with Gasteiger partial charge in [0.25, 0.3) is 0 Å². The molecule has 0 bridgehead atoms. The topological polar surface area (TPSA) is 52.3 Å². The Bertz CT molecular complexity index is 427. The highest BCUT2D eigenvalue weighted by molar-refractivity contribution is 5.82. The molecule has 1 aromatic carbocycles. The summed E-state index contributed by atoms with van der Waals surface area (Å²) in [6, 6.07) is 4.67. The van der Waals surface area contributed by atoms with Crippen LogP contribution in [0.25, 0.3) is 0 Å². The highest BCUT2D eigenvalue weighted by Gasteiger charge is 2.41. The van der Waals surface area contributed by atoms with Gasteiger partial charge < -0.3 is 10.5 Å². The molecule has 2 N–H and O–H groups in total. The Morgan fingerprint density at radius 3 is 2.12 bits per heavy atom. The van der Waals surface area contributed by atoms with Crippen LogP contribution in [0.15, 0.2) is 24.3 Å². The smallest absolute Gasteiger partial charge is 0.416 e. The molecule has 1 rings (SSSR count). The first-order valence-corrected chi connectivity index (χ1v) is 4.75. The van der Waals surface area contributed by atoms with Crippen molar-refractivity contribution in [1.29, 1.82) is 0 Å². The number of hydrogen-bond donors (Lipinski definition) is 1. The minimum Gasteiger partial charge on any atom is -0.467 e. The van der Waals surface area contributed by atoms with Crippen LogP contribution in [0.5, 0.6) is 0 Å². The SMILES string of the molecule is COC(=O)[C@](C)(N)c1ccccc1C(F)(F)F. The van der Waals surface area contributed by atoms with Gasteiger partial charge >= 0.3 is 12.1 Å². The van der Waals surface area contributed by atoms with Gasteiger partial charge in [-0.2, -0.15) is 13.2 Å². The average Bonchev–Trinajstić information content (AvgIpc) is 2.26. The van der Waals surface area contributed by atoms with E-state index in [1.54, 1.807) is 0 Å². The van der Waals surface area contributed by atoms with E-state index in [1.165, 1.54) is 25.1 Å². The molecule has 0 aliphatic rings. The Hall–Kier alpha value is -1.56. The molecule has 1 atom stereocenters. The van der Waals surface area contributed by atoms with Crippen LogP contribution in [0.2, 0.25) is 0 Å². The second kappa shape index (κ2) is 4.37. The molecule has 94 valence electrons. The first-order valence-electron chi connectivity index (χ1n) is 4.75. The molecule has 0 fully saturated rings. The molecule has 0 saturated carbocycles. The molecule has 17 heavy (non-hydrogen) atoms. The zero-order chi connectivity index (χ0) is 13.3. The van der Waals surface area contributed by atoms with Crippen LogP contribution in [-0.2, 0) is 21.2 Å². The number of ether oxygens (including phenoxy) is 1. The molecule has 0 amide bonds. The molecule has 0 aromatic heterocycles. The molecular weight excluding hydrogens is 235 g/mol. The van der Waals surface area contributed by atoms with Crippen molar-refractivity contribution in [2.24, 2.45) is 5.73 Å². The molecular formula is C11H12F3NO2. The van der Waals surface area contributed by atoms with Crippen molar-refractivity contribution < 1.29 is 22.7 Å². The third-order valence-corrected chi connectivity index (χ3v) is 2.40. The predicted octanol–water partition coefficient (Wildman–Crippen LogP) is 2.05. The molecule has 3 nitrogen and oxygen atoms in total. The minimum atomic E-state index is -4.56. The standard InChI is InChI=1S/C11H12F3NO2/c1-10(15,9(16)17-2)7-5-3-4-6-8(7)11(12,13)14/h3-6H,15H2,1-2H3/t10-/m1/s1.